The van der Waals surface area contributed by atoms with Crippen LogP contribution in [0.2, 0.25) is 0 Å². The van der Waals surface area contributed by atoms with E-state index in [0.717, 1.165) is 23.0 Å². The van der Waals surface area contributed by atoms with Crippen molar-refractivity contribution < 1.29 is 9.21 Å². The van der Waals surface area contributed by atoms with Crippen LogP contribution in [0.4, 0.5) is 0 Å². The van der Waals surface area contributed by atoms with Crippen LogP contribution in [0.25, 0.3) is 11.5 Å². The fourth-order valence-electron chi connectivity index (χ4n) is 1.59. The van der Waals surface area contributed by atoms with E-state index in [1.54, 1.807) is 13.2 Å². The Labute approximate surface area is 93.7 Å². The van der Waals surface area contributed by atoms with E-state index in [1.807, 2.05) is 19.1 Å². The van der Waals surface area contributed by atoms with Gasteiger partial charge in [-0.2, -0.15) is 0 Å². The highest BCUT2D eigenvalue weighted by Crippen LogP contribution is 2.21. The number of aromatic amines is 1. The molecule has 0 aliphatic heterocycles. The number of carbonyl (C=O) groups is 1. The van der Waals surface area contributed by atoms with Crippen LogP contribution in [0.1, 0.15) is 24.9 Å². The molecule has 2 rings (SSSR count). The molecule has 0 saturated heterocycles. The summed E-state index contributed by atoms with van der Waals surface area (Å²) in [7, 11) is 0. The summed E-state index contributed by atoms with van der Waals surface area (Å²) in [6, 6.07) is 3.70. The normalized spacial score (nSPS) is 10.6. The van der Waals surface area contributed by atoms with Crippen LogP contribution in [0, 0.1) is 6.92 Å². The Morgan fingerprint density at radius 3 is 3.00 bits per heavy atom. The van der Waals surface area contributed by atoms with Gasteiger partial charge in [-0.1, -0.05) is 0 Å². The third kappa shape index (κ3) is 2.21. The lowest BCUT2D eigenvalue weighted by molar-refractivity contribution is -0.117. The number of hydrogen-bond acceptors (Lipinski definition) is 3. The number of imidazole rings is 1. The van der Waals surface area contributed by atoms with E-state index in [0.29, 0.717) is 12.8 Å². The molecule has 0 amide bonds. The van der Waals surface area contributed by atoms with Gasteiger partial charge in [-0.3, -0.25) is 0 Å². The maximum Gasteiger partial charge on any atom is 0.154 e. The van der Waals surface area contributed by atoms with Gasteiger partial charge in [0.1, 0.15) is 17.3 Å². The van der Waals surface area contributed by atoms with Crippen LogP contribution in [0.15, 0.2) is 22.8 Å². The Hall–Kier alpha value is -1.84. The smallest absolute Gasteiger partial charge is 0.154 e. The number of Topliss-reactive ketones (excluding diaryl/α,β-unsaturated/α-hetero) is 1. The summed E-state index contributed by atoms with van der Waals surface area (Å²) < 4.78 is 5.29. The van der Waals surface area contributed by atoms with Gasteiger partial charge in [0.2, 0.25) is 0 Å². The van der Waals surface area contributed by atoms with Crippen molar-refractivity contribution in [3.8, 4) is 11.5 Å². The van der Waals surface area contributed by atoms with E-state index >= 15 is 0 Å². The van der Waals surface area contributed by atoms with E-state index in [-0.39, 0.29) is 5.78 Å². The zero-order valence-electron chi connectivity index (χ0n) is 9.41. The lowest BCUT2D eigenvalue weighted by Crippen LogP contribution is -1.95. The van der Waals surface area contributed by atoms with Gasteiger partial charge in [0, 0.05) is 18.5 Å². The number of carbonyl (C=O) groups excluding carboxylic acids is 1. The highest BCUT2D eigenvalue weighted by atomic mass is 16.3. The predicted octanol–water partition coefficient (Wildman–Crippen LogP) is 2.50. The second kappa shape index (κ2) is 4.35. The van der Waals surface area contributed by atoms with Gasteiger partial charge in [0.25, 0.3) is 0 Å². The standard InChI is InChI=1S/C12H14N2O2/c1-8(15)5-6-11-13-9(2)12(14-11)10-4-3-7-16-10/h3-4,7H,5-6H2,1-2H3,(H,13,14). The van der Waals surface area contributed by atoms with Crippen molar-refractivity contribution in [2.75, 3.05) is 0 Å². The van der Waals surface area contributed by atoms with Gasteiger partial charge in [-0.05, 0) is 26.0 Å². The number of aryl methyl sites for hydroxylation is 2. The zero-order valence-corrected chi connectivity index (χ0v) is 9.41. The summed E-state index contributed by atoms with van der Waals surface area (Å²) in [5, 5.41) is 0. The van der Waals surface area contributed by atoms with Crippen molar-refractivity contribution in [1.82, 2.24) is 9.97 Å². The number of aromatic nitrogens is 2. The van der Waals surface area contributed by atoms with Gasteiger partial charge in [0.05, 0.1) is 6.26 Å². The average Bonchev–Trinajstić information content (AvgIpc) is 2.83. The Balaban J connectivity index is 2.19. The van der Waals surface area contributed by atoms with Crippen molar-refractivity contribution >= 4 is 5.78 Å². The first kappa shape index (κ1) is 10.7. The molecule has 4 nitrogen and oxygen atoms in total. The van der Waals surface area contributed by atoms with Crippen LogP contribution in [0.5, 0.6) is 0 Å². The van der Waals surface area contributed by atoms with E-state index in [9.17, 15) is 4.79 Å². The van der Waals surface area contributed by atoms with Gasteiger partial charge >= 0.3 is 0 Å². The molecule has 4 heteroatoms. The number of H-pyrrole nitrogens is 1. The van der Waals surface area contributed by atoms with Crippen molar-refractivity contribution in [3.63, 3.8) is 0 Å². The zero-order chi connectivity index (χ0) is 11.5. The number of nitrogens with one attached hydrogen (secondary N) is 1. The molecule has 2 heterocycles. The second-order valence-corrected chi connectivity index (χ2v) is 3.84. The van der Waals surface area contributed by atoms with Crippen LogP contribution in [0.3, 0.4) is 0 Å². The Morgan fingerprint density at radius 2 is 2.38 bits per heavy atom. The van der Waals surface area contributed by atoms with Gasteiger partial charge in [-0.15, -0.1) is 0 Å². The van der Waals surface area contributed by atoms with E-state index in [4.69, 9.17) is 4.42 Å². The first-order valence-corrected chi connectivity index (χ1v) is 5.25. The molecule has 16 heavy (non-hydrogen) atoms. The number of hydrogen-bond donors (Lipinski definition) is 1. The third-order valence-electron chi connectivity index (χ3n) is 2.40. The molecule has 0 aliphatic rings. The van der Waals surface area contributed by atoms with Crippen LogP contribution in [-0.4, -0.2) is 15.8 Å². The lowest BCUT2D eigenvalue weighted by atomic mass is 10.2. The van der Waals surface area contributed by atoms with Crippen LogP contribution >= 0.6 is 0 Å². The van der Waals surface area contributed by atoms with Crippen molar-refractivity contribution in [2.24, 2.45) is 0 Å². The largest absolute Gasteiger partial charge is 0.463 e. The summed E-state index contributed by atoms with van der Waals surface area (Å²) in [6.45, 7) is 3.53. The Morgan fingerprint density at radius 1 is 1.56 bits per heavy atom. The monoisotopic (exact) mass is 218 g/mol. The lowest BCUT2D eigenvalue weighted by Gasteiger charge is -1.91. The fourth-order valence-corrected chi connectivity index (χ4v) is 1.59. The second-order valence-electron chi connectivity index (χ2n) is 3.84. The molecule has 84 valence electrons. The maximum absolute atomic E-state index is 10.9. The van der Waals surface area contributed by atoms with E-state index in [1.165, 1.54) is 0 Å². The Kier molecular flexibility index (Phi) is 2.90. The van der Waals surface area contributed by atoms with Crippen molar-refractivity contribution in [1.29, 1.82) is 0 Å². The van der Waals surface area contributed by atoms with Gasteiger partial charge in [-0.25, -0.2) is 4.98 Å². The molecular weight excluding hydrogens is 204 g/mol. The molecule has 0 aliphatic carbocycles. The third-order valence-corrected chi connectivity index (χ3v) is 2.40. The van der Waals surface area contributed by atoms with Crippen LogP contribution in [-0.2, 0) is 11.2 Å². The molecule has 0 unspecified atom stereocenters. The molecule has 0 atom stereocenters. The number of ketones is 1. The highest BCUT2D eigenvalue weighted by molar-refractivity contribution is 5.75. The minimum atomic E-state index is 0.175. The maximum atomic E-state index is 10.9. The number of nitrogens with zero attached hydrogens (tertiary/aromatic N) is 1. The number of furan rings is 1. The first-order chi connectivity index (χ1) is 7.66. The molecule has 0 radical (unpaired) electrons. The summed E-state index contributed by atoms with van der Waals surface area (Å²) >= 11 is 0. The molecule has 2 aromatic rings. The van der Waals surface area contributed by atoms with Gasteiger partial charge in [0.15, 0.2) is 5.76 Å². The summed E-state index contributed by atoms with van der Waals surface area (Å²) in [4.78, 5) is 18.5. The predicted molar refractivity (Wildman–Crippen MR) is 60.0 cm³/mol. The summed E-state index contributed by atoms with van der Waals surface area (Å²) in [5.41, 5.74) is 1.79. The molecule has 0 fully saturated rings. The summed E-state index contributed by atoms with van der Waals surface area (Å²) in [6.07, 6.45) is 2.79. The average molecular weight is 218 g/mol. The van der Waals surface area contributed by atoms with E-state index < -0.39 is 0 Å². The molecule has 0 spiro atoms. The van der Waals surface area contributed by atoms with Crippen molar-refractivity contribution in [2.45, 2.75) is 26.7 Å². The molecular formula is C12H14N2O2. The Bertz CT molecular complexity index is 483. The molecule has 0 bridgehead atoms. The first-order valence-electron chi connectivity index (χ1n) is 5.25. The minimum Gasteiger partial charge on any atom is -0.463 e. The number of rotatable bonds is 4. The quantitative estimate of drug-likeness (QED) is 0.857. The minimum absolute atomic E-state index is 0.175. The molecule has 0 aromatic carbocycles. The fraction of sp³-hybridized carbons (Fsp3) is 0.333. The van der Waals surface area contributed by atoms with E-state index in [2.05, 4.69) is 9.97 Å². The molecule has 1 N–H and O–H groups in total. The van der Waals surface area contributed by atoms with Crippen LogP contribution < -0.4 is 0 Å². The SMILES string of the molecule is CC(=O)CCc1nc(-c2ccco2)c(C)[nH]1. The van der Waals surface area contributed by atoms with Crippen molar-refractivity contribution in [3.05, 3.63) is 29.9 Å². The molecule has 2 aromatic heterocycles. The topological polar surface area (TPSA) is 58.9 Å². The highest BCUT2D eigenvalue weighted by Gasteiger charge is 2.11. The summed E-state index contributed by atoms with van der Waals surface area (Å²) in [5.74, 6) is 1.76. The van der Waals surface area contributed by atoms with Gasteiger partial charge < -0.3 is 14.2 Å². The molecule has 0 saturated carbocycles.